The van der Waals surface area contributed by atoms with Crippen molar-refractivity contribution in [3.63, 3.8) is 0 Å². The molecule has 1 unspecified atom stereocenters. The van der Waals surface area contributed by atoms with Gasteiger partial charge in [0.2, 0.25) is 0 Å². The number of hydrogen-bond donors (Lipinski definition) is 0. The number of aromatic nitrogens is 2. The van der Waals surface area contributed by atoms with Gasteiger partial charge in [0, 0.05) is 17.9 Å². The summed E-state index contributed by atoms with van der Waals surface area (Å²) in [6, 6.07) is 4.16. The van der Waals surface area contributed by atoms with Crippen LogP contribution >= 0.6 is 15.9 Å². The van der Waals surface area contributed by atoms with Gasteiger partial charge in [0.25, 0.3) is 0 Å². The van der Waals surface area contributed by atoms with Gasteiger partial charge in [-0.05, 0) is 37.5 Å². The number of esters is 1. The van der Waals surface area contributed by atoms with E-state index in [0.29, 0.717) is 0 Å². The fraction of sp³-hybridized carbons (Fsp3) is 0.429. The minimum absolute atomic E-state index is 0.210. The van der Waals surface area contributed by atoms with Crippen molar-refractivity contribution in [3.05, 3.63) is 28.0 Å². The minimum Gasteiger partial charge on any atom is -0.454 e. The van der Waals surface area contributed by atoms with Crippen LogP contribution in [0.25, 0.3) is 11.0 Å². The molecule has 100 valence electrons. The quantitative estimate of drug-likeness (QED) is 0.755. The molecule has 3 rings (SSSR count). The molecule has 1 aliphatic rings. The van der Waals surface area contributed by atoms with Gasteiger partial charge in [-0.3, -0.25) is 4.79 Å². The van der Waals surface area contributed by atoms with Crippen molar-refractivity contribution in [2.75, 3.05) is 0 Å². The number of hydrogen-bond acceptors (Lipinski definition) is 3. The van der Waals surface area contributed by atoms with Gasteiger partial charge in [0.1, 0.15) is 0 Å². The van der Waals surface area contributed by atoms with Crippen LogP contribution < -0.4 is 0 Å². The number of ether oxygens (including phenoxy) is 1. The van der Waals surface area contributed by atoms with Gasteiger partial charge >= 0.3 is 5.97 Å². The SMILES string of the molecule is CC(=O)OC1CCCn2c1nc1cc(Br)c(C)cc12. The van der Waals surface area contributed by atoms with Crippen LogP contribution in [0.1, 0.15) is 37.3 Å². The van der Waals surface area contributed by atoms with Crippen molar-refractivity contribution in [1.29, 1.82) is 0 Å². The van der Waals surface area contributed by atoms with E-state index < -0.39 is 0 Å². The highest BCUT2D eigenvalue weighted by molar-refractivity contribution is 9.10. The largest absolute Gasteiger partial charge is 0.454 e. The summed E-state index contributed by atoms with van der Waals surface area (Å²) < 4.78 is 8.60. The van der Waals surface area contributed by atoms with E-state index in [4.69, 9.17) is 4.74 Å². The van der Waals surface area contributed by atoms with E-state index in [1.807, 2.05) is 6.07 Å². The average molecular weight is 323 g/mol. The molecular formula is C14H15BrN2O2. The van der Waals surface area contributed by atoms with E-state index >= 15 is 0 Å². The van der Waals surface area contributed by atoms with Gasteiger partial charge in [-0.15, -0.1) is 0 Å². The third-order valence-corrected chi connectivity index (χ3v) is 4.36. The van der Waals surface area contributed by atoms with Gasteiger partial charge in [0.15, 0.2) is 11.9 Å². The highest BCUT2D eigenvalue weighted by atomic mass is 79.9. The second kappa shape index (κ2) is 4.63. The van der Waals surface area contributed by atoms with Gasteiger partial charge in [-0.1, -0.05) is 15.9 Å². The van der Waals surface area contributed by atoms with E-state index in [2.05, 4.69) is 38.5 Å². The molecule has 0 saturated carbocycles. The zero-order chi connectivity index (χ0) is 13.6. The summed E-state index contributed by atoms with van der Waals surface area (Å²) in [5.41, 5.74) is 3.25. The number of carbonyl (C=O) groups is 1. The average Bonchev–Trinajstić information content (AvgIpc) is 2.68. The molecule has 2 heterocycles. The van der Waals surface area contributed by atoms with Crippen LogP contribution in [0.3, 0.4) is 0 Å². The van der Waals surface area contributed by atoms with E-state index in [1.165, 1.54) is 12.5 Å². The normalized spacial score (nSPS) is 18.4. The second-order valence-electron chi connectivity index (χ2n) is 4.95. The van der Waals surface area contributed by atoms with Crippen molar-refractivity contribution in [1.82, 2.24) is 9.55 Å². The Bertz CT molecular complexity index is 663. The maximum Gasteiger partial charge on any atom is 0.303 e. The minimum atomic E-state index is -0.247. The summed E-state index contributed by atoms with van der Waals surface area (Å²) in [5, 5.41) is 0. The zero-order valence-electron chi connectivity index (χ0n) is 10.9. The van der Waals surface area contributed by atoms with Crippen LogP contribution in [0.4, 0.5) is 0 Å². The van der Waals surface area contributed by atoms with Crippen LogP contribution in [0.5, 0.6) is 0 Å². The number of nitrogens with zero attached hydrogens (tertiary/aromatic N) is 2. The van der Waals surface area contributed by atoms with Gasteiger partial charge < -0.3 is 9.30 Å². The standard InChI is InChI=1S/C14H15BrN2O2/c1-8-6-12-11(7-10(8)15)16-14-13(19-9(2)18)4-3-5-17(12)14/h6-7,13H,3-5H2,1-2H3. The van der Waals surface area contributed by atoms with Crippen molar-refractivity contribution in [2.45, 2.75) is 39.3 Å². The summed E-state index contributed by atoms with van der Waals surface area (Å²) in [6.45, 7) is 4.45. The number of aryl methyl sites for hydroxylation is 2. The maximum absolute atomic E-state index is 11.2. The molecule has 19 heavy (non-hydrogen) atoms. The molecular weight excluding hydrogens is 308 g/mol. The molecule has 0 saturated heterocycles. The second-order valence-corrected chi connectivity index (χ2v) is 5.81. The van der Waals surface area contributed by atoms with Crippen molar-refractivity contribution in [3.8, 4) is 0 Å². The Labute approximate surface area is 119 Å². The fourth-order valence-corrected chi connectivity index (χ4v) is 2.96. The van der Waals surface area contributed by atoms with Gasteiger partial charge in [0.05, 0.1) is 11.0 Å². The van der Waals surface area contributed by atoms with Crippen LogP contribution in [0, 0.1) is 6.92 Å². The first kappa shape index (κ1) is 12.7. The number of rotatable bonds is 1. The lowest BCUT2D eigenvalue weighted by molar-refractivity contribution is -0.148. The Kier molecular flexibility index (Phi) is 3.09. The van der Waals surface area contributed by atoms with E-state index in [9.17, 15) is 4.79 Å². The van der Waals surface area contributed by atoms with Gasteiger partial charge in [-0.2, -0.15) is 0 Å². The Hall–Kier alpha value is -1.36. The maximum atomic E-state index is 11.2. The first-order valence-electron chi connectivity index (χ1n) is 6.40. The molecule has 0 bridgehead atoms. The summed E-state index contributed by atoms with van der Waals surface area (Å²) >= 11 is 3.53. The summed E-state index contributed by atoms with van der Waals surface area (Å²) in [4.78, 5) is 15.8. The van der Waals surface area contributed by atoms with Crippen LogP contribution in [-0.4, -0.2) is 15.5 Å². The molecule has 1 aromatic heterocycles. The Morgan fingerprint density at radius 2 is 2.32 bits per heavy atom. The lowest BCUT2D eigenvalue weighted by Crippen LogP contribution is -2.19. The molecule has 0 aliphatic carbocycles. The van der Waals surface area contributed by atoms with Gasteiger partial charge in [-0.25, -0.2) is 4.98 Å². The highest BCUT2D eigenvalue weighted by Crippen LogP contribution is 2.33. The molecule has 0 fully saturated rings. The number of benzene rings is 1. The predicted molar refractivity (Wildman–Crippen MR) is 75.9 cm³/mol. The number of carbonyl (C=O) groups excluding carboxylic acids is 1. The molecule has 1 aromatic carbocycles. The van der Waals surface area contributed by atoms with E-state index in [-0.39, 0.29) is 12.1 Å². The molecule has 1 atom stereocenters. The monoisotopic (exact) mass is 322 g/mol. The smallest absolute Gasteiger partial charge is 0.303 e. The molecule has 0 spiro atoms. The lowest BCUT2D eigenvalue weighted by Gasteiger charge is -2.23. The third kappa shape index (κ3) is 2.16. The molecule has 0 radical (unpaired) electrons. The molecule has 5 heteroatoms. The topological polar surface area (TPSA) is 44.1 Å². The Morgan fingerprint density at radius 3 is 3.05 bits per heavy atom. The number of fused-ring (bicyclic) bond motifs is 3. The third-order valence-electron chi connectivity index (χ3n) is 3.50. The predicted octanol–water partition coefficient (Wildman–Crippen LogP) is 3.51. The lowest BCUT2D eigenvalue weighted by atomic mass is 10.1. The molecule has 4 nitrogen and oxygen atoms in total. The zero-order valence-corrected chi connectivity index (χ0v) is 12.5. The molecule has 2 aromatic rings. The highest BCUT2D eigenvalue weighted by Gasteiger charge is 2.26. The van der Waals surface area contributed by atoms with E-state index in [1.54, 1.807) is 0 Å². The number of imidazole rings is 1. The summed E-state index contributed by atoms with van der Waals surface area (Å²) in [7, 11) is 0. The van der Waals surface area contributed by atoms with Crippen LogP contribution in [0.2, 0.25) is 0 Å². The molecule has 0 amide bonds. The van der Waals surface area contributed by atoms with Crippen molar-refractivity contribution >= 4 is 32.9 Å². The Balaban J connectivity index is 2.15. The summed E-state index contributed by atoms with van der Waals surface area (Å²) in [6.07, 6.45) is 1.65. The Morgan fingerprint density at radius 1 is 1.53 bits per heavy atom. The molecule has 1 aliphatic heterocycles. The first-order valence-corrected chi connectivity index (χ1v) is 7.19. The summed E-state index contributed by atoms with van der Waals surface area (Å²) in [5.74, 6) is 0.622. The van der Waals surface area contributed by atoms with E-state index in [0.717, 1.165) is 40.7 Å². The van der Waals surface area contributed by atoms with Crippen LogP contribution in [-0.2, 0) is 16.1 Å². The first-order chi connectivity index (χ1) is 9.06. The van der Waals surface area contributed by atoms with Crippen LogP contribution in [0.15, 0.2) is 16.6 Å². The fourth-order valence-electron chi connectivity index (χ4n) is 2.63. The number of halogens is 1. The molecule has 0 N–H and O–H groups in total. The van der Waals surface area contributed by atoms with Crippen molar-refractivity contribution < 1.29 is 9.53 Å². The van der Waals surface area contributed by atoms with Crippen molar-refractivity contribution in [2.24, 2.45) is 0 Å².